The fourth-order valence-corrected chi connectivity index (χ4v) is 7.25. The Kier molecular flexibility index (Phi) is 10.4. The number of nitrogens with zero attached hydrogens (tertiary/aromatic N) is 3. The molecule has 4 heterocycles. The number of thiazole rings is 1. The van der Waals surface area contributed by atoms with Gasteiger partial charge in [0.05, 0.1) is 41.4 Å². The maximum atomic E-state index is 14.5. The topological polar surface area (TPSA) is 130 Å². The number of allylic oxidation sites excluding steroid dienone is 1. The van der Waals surface area contributed by atoms with Gasteiger partial charge in [0.1, 0.15) is 16.9 Å². The zero-order valence-corrected chi connectivity index (χ0v) is 28.4. The Balaban J connectivity index is 1.43. The number of anilines is 1. The Labute approximate surface area is 286 Å². The standard InChI is InChI=1S/C37H37N3O8S/c1-4-5-6-7-10-19-39-27-13-9-8-12-26(27)30(33(39)41)32-34(42)40-31(29(23(2)38-37(40)49-32)36(44)47-22-21-45-3)24-15-17-25(18-16-24)48-35(43)28-14-11-20-46-28/h8-9,11-18,20,31H,4-7,10,19,21-22H2,1-3H3/b32-30-. The zero-order chi connectivity index (χ0) is 34.5. The lowest BCUT2D eigenvalue weighted by Crippen LogP contribution is -2.41. The first-order valence-corrected chi connectivity index (χ1v) is 17.1. The quantitative estimate of drug-likeness (QED) is 0.110. The molecule has 1 unspecified atom stereocenters. The molecule has 6 rings (SSSR count). The highest BCUT2D eigenvalue weighted by atomic mass is 32.1. The van der Waals surface area contributed by atoms with Crippen LogP contribution in [-0.2, 0) is 19.1 Å². The Bertz CT molecular complexity index is 2080. The van der Waals surface area contributed by atoms with Crippen LogP contribution in [0.5, 0.6) is 5.75 Å². The van der Waals surface area contributed by atoms with E-state index < -0.39 is 23.5 Å². The van der Waals surface area contributed by atoms with E-state index in [1.807, 2.05) is 24.3 Å². The van der Waals surface area contributed by atoms with Crippen LogP contribution < -0.4 is 24.5 Å². The molecule has 0 fully saturated rings. The monoisotopic (exact) mass is 683 g/mol. The number of rotatable bonds is 13. The summed E-state index contributed by atoms with van der Waals surface area (Å²) in [4.78, 5) is 61.4. The number of benzene rings is 2. The first kappa shape index (κ1) is 33.8. The number of unbranched alkanes of at least 4 members (excludes halogenated alkanes) is 4. The fourth-order valence-electron chi connectivity index (χ4n) is 6.11. The second-order valence-electron chi connectivity index (χ2n) is 11.7. The van der Waals surface area contributed by atoms with Gasteiger partial charge in [0.25, 0.3) is 11.5 Å². The van der Waals surface area contributed by atoms with Crippen molar-refractivity contribution in [2.45, 2.75) is 52.0 Å². The van der Waals surface area contributed by atoms with Crippen LogP contribution in [-0.4, -0.2) is 49.3 Å². The van der Waals surface area contributed by atoms with Crippen LogP contribution in [0.15, 0.2) is 92.4 Å². The molecule has 1 atom stereocenters. The van der Waals surface area contributed by atoms with E-state index in [1.165, 1.54) is 24.0 Å². The maximum Gasteiger partial charge on any atom is 0.379 e. The summed E-state index contributed by atoms with van der Waals surface area (Å²) in [6, 6.07) is 16.2. The molecule has 0 bridgehead atoms. The summed E-state index contributed by atoms with van der Waals surface area (Å²) >= 11 is 1.12. The molecule has 0 radical (unpaired) electrons. The molecule has 2 aliphatic heterocycles. The highest BCUT2D eigenvalue weighted by molar-refractivity contribution is 7.07. The van der Waals surface area contributed by atoms with E-state index in [1.54, 1.807) is 42.2 Å². The molecule has 11 nitrogen and oxygen atoms in total. The molecule has 4 aromatic rings. The molecule has 49 heavy (non-hydrogen) atoms. The van der Waals surface area contributed by atoms with Gasteiger partial charge in [-0.05, 0) is 49.2 Å². The van der Waals surface area contributed by atoms with E-state index >= 15 is 0 Å². The second-order valence-corrected chi connectivity index (χ2v) is 12.7. The molecule has 254 valence electrons. The summed E-state index contributed by atoms with van der Waals surface area (Å²) in [5, 5.41) is 0. The van der Waals surface area contributed by atoms with Crippen LogP contribution in [0.4, 0.5) is 5.69 Å². The fraction of sp³-hybridized carbons (Fsp3) is 0.324. The van der Waals surface area contributed by atoms with Gasteiger partial charge >= 0.3 is 11.9 Å². The van der Waals surface area contributed by atoms with Gasteiger partial charge in [0.15, 0.2) is 4.80 Å². The van der Waals surface area contributed by atoms with E-state index in [0.29, 0.717) is 33.7 Å². The number of esters is 2. The van der Waals surface area contributed by atoms with Gasteiger partial charge in [-0.15, -0.1) is 0 Å². The lowest BCUT2D eigenvalue weighted by Gasteiger charge is -2.25. The Hall–Kier alpha value is -5.07. The number of hydrogen-bond donors (Lipinski definition) is 0. The average molecular weight is 684 g/mol. The van der Waals surface area contributed by atoms with Crippen molar-refractivity contribution >= 4 is 40.4 Å². The van der Waals surface area contributed by atoms with Gasteiger partial charge in [-0.2, -0.15) is 0 Å². The molecule has 0 aliphatic carbocycles. The molecule has 2 aliphatic rings. The van der Waals surface area contributed by atoms with E-state index in [0.717, 1.165) is 49.1 Å². The van der Waals surface area contributed by atoms with Gasteiger partial charge in [0, 0.05) is 19.2 Å². The van der Waals surface area contributed by atoms with Crippen molar-refractivity contribution in [2.24, 2.45) is 4.99 Å². The largest absolute Gasteiger partial charge is 0.460 e. The SMILES string of the molecule is CCCCCCCN1C(=O)/C(=c2\sc3n(c2=O)C(c2ccc(OC(=O)c4ccco4)cc2)C(C(=O)OCCOC)=C(C)N=3)c2ccccc21. The number of ether oxygens (including phenoxy) is 3. The minimum Gasteiger partial charge on any atom is -0.460 e. The van der Waals surface area contributed by atoms with E-state index in [4.69, 9.17) is 18.6 Å². The number of furan rings is 1. The highest BCUT2D eigenvalue weighted by Crippen LogP contribution is 2.36. The summed E-state index contributed by atoms with van der Waals surface area (Å²) in [5.74, 6) is -1.24. The normalized spacial score (nSPS) is 16.3. The Morgan fingerprint density at radius 2 is 1.71 bits per heavy atom. The molecule has 0 N–H and O–H groups in total. The third kappa shape index (κ3) is 6.79. The number of hydrogen-bond acceptors (Lipinski definition) is 10. The van der Waals surface area contributed by atoms with Gasteiger partial charge in [-0.3, -0.25) is 14.2 Å². The van der Waals surface area contributed by atoms with Gasteiger partial charge in [-0.25, -0.2) is 14.6 Å². The van der Waals surface area contributed by atoms with Crippen LogP contribution in [0.1, 0.15) is 73.7 Å². The summed E-state index contributed by atoms with van der Waals surface area (Å²) in [6.07, 6.45) is 6.64. The van der Waals surface area contributed by atoms with Crippen molar-refractivity contribution in [2.75, 3.05) is 31.8 Å². The molecule has 2 aromatic heterocycles. The molecule has 1 amide bonds. The van der Waals surface area contributed by atoms with Crippen molar-refractivity contribution in [1.29, 1.82) is 0 Å². The summed E-state index contributed by atoms with van der Waals surface area (Å²) < 4.78 is 22.9. The molecule has 0 saturated carbocycles. The number of aromatic nitrogens is 1. The number of para-hydroxylation sites is 1. The predicted molar refractivity (Wildman–Crippen MR) is 183 cm³/mol. The molecule has 0 saturated heterocycles. The minimum atomic E-state index is -0.933. The zero-order valence-electron chi connectivity index (χ0n) is 27.6. The lowest BCUT2D eigenvalue weighted by molar-refractivity contribution is -0.140. The minimum absolute atomic E-state index is 0.00857. The predicted octanol–water partition coefficient (Wildman–Crippen LogP) is 4.92. The van der Waals surface area contributed by atoms with Crippen molar-refractivity contribution in [3.05, 3.63) is 115 Å². The van der Waals surface area contributed by atoms with Crippen LogP contribution in [0, 0.1) is 0 Å². The summed E-state index contributed by atoms with van der Waals surface area (Å²) in [5.41, 5.74) is 2.46. The van der Waals surface area contributed by atoms with Crippen molar-refractivity contribution in [3.63, 3.8) is 0 Å². The molecule has 12 heteroatoms. The van der Waals surface area contributed by atoms with Gasteiger partial charge < -0.3 is 23.5 Å². The van der Waals surface area contributed by atoms with E-state index in [2.05, 4.69) is 11.9 Å². The molecular weight excluding hydrogens is 646 g/mol. The van der Waals surface area contributed by atoms with E-state index in [-0.39, 0.29) is 40.7 Å². The summed E-state index contributed by atoms with van der Waals surface area (Å²) in [7, 11) is 1.50. The molecular formula is C37H37N3O8S. The third-order valence-corrected chi connectivity index (χ3v) is 9.56. The number of amides is 1. The van der Waals surface area contributed by atoms with Gasteiger partial charge in [-0.1, -0.05) is 74.3 Å². The number of carbonyl (C=O) groups excluding carboxylic acids is 3. The number of carbonyl (C=O) groups is 3. The van der Waals surface area contributed by atoms with Crippen molar-refractivity contribution in [3.8, 4) is 5.75 Å². The number of fused-ring (bicyclic) bond motifs is 2. The van der Waals surface area contributed by atoms with Crippen LogP contribution in [0.25, 0.3) is 5.57 Å². The third-order valence-electron chi connectivity index (χ3n) is 8.50. The first-order valence-electron chi connectivity index (χ1n) is 16.3. The van der Waals surface area contributed by atoms with Crippen molar-refractivity contribution in [1.82, 2.24) is 4.57 Å². The molecule has 0 spiro atoms. The Morgan fingerprint density at radius 3 is 2.45 bits per heavy atom. The Morgan fingerprint density at radius 1 is 0.939 bits per heavy atom. The average Bonchev–Trinajstić information content (AvgIpc) is 3.82. The van der Waals surface area contributed by atoms with Crippen LogP contribution in [0.3, 0.4) is 0 Å². The molecule has 2 aromatic carbocycles. The van der Waals surface area contributed by atoms with E-state index in [9.17, 15) is 19.2 Å². The highest BCUT2D eigenvalue weighted by Gasteiger charge is 2.37. The maximum absolute atomic E-state index is 14.5. The van der Waals surface area contributed by atoms with Crippen LogP contribution >= 0.6 is 11.3 Å². The van der Waals surface area contributed by atoms with Gasteiger partial charge in [0.2, 0.25) is 5.76 Å². The first-order chi connectivity index (χ1) is 23.8. The van der Waals surface area contributed by atoms with Crippen molar-refractivity contribution < 1.29 is 33.0 Å². The number of methoxy groups -OCH3 is 1. The lowest BCUT2D eigenvalue weighted by atomic mass is 9.96. The second kappa shape index (κ2) is 15.0. The smallest absolute Gasteiger partial charge is 0.379 e. The van der Waals surface area contributed by atoms with Crippen LogP contribution in [0.2, 0.25) is 0 Å². The summed E-state index contributed by atoms with van der Waals surface area (Å²) in [6.45, 7) is 4.61.